The van der Waals surface area contributed by atoms with Gasteiger partial charge in [0.2, 0.25) is 0 Å². The molecule has 6 heteroatoms. The fourth-order valence-corrected chi connectivity index (χ4v) is 4.93. The molecule has 3 heterocycles. The number of hydrogen-bond donors (Lipinski definition) is 0. The van der Waals surface area contributed by atoms with Crippen molar-refractivity contribution in [3.05, 3.63) is 95.4 Å². The summed E-state index contributed by atoms with van der Waals surface area (Å²) in [6, 6.07) is 23.8. The minimum absolute atomic E-state index is 0.0546. The fourth-order valence-electron chi connectivity index (χ4n) is 4.93. The molecule has 2 aromatic heterocycles. The second-order valence-electron chi connectivity index (χ2n) is 9.13. The number of amides is 1. The van der Waals surface area contributed by atoms with Gasteiger partial charge in [0.25, 0.3) is 5.91 Å². The first-order valence-electron chi connectivity index (χ1n) is 12.1. The maximum absolute atomic E-state index is 13.5. The van der Waals surface area contributed by atoms with Crippen molar-refractivity contribution in [1.29, 1.82) is 0 Å². The molecule has 0 radical (unpaired) electrons. The van der Waals surface area contributed by atoms with Gasteiger partial charge in [0.05, 0.1) is 24.2 Å². The van der Waals surface area contributed by atoms with Crippen molar-refractivity contribution in [1.82, 2.24) is 19.7 Å². The van der Waals surface area contributed by atoms with E-state index in [2.05, 4.69) is 11.2 Å². The second-order valence-corrected chi connectivity index (χ2v) is 9.13. The summed E-state index contributed by atoms with van der Waals surface area (Å²) in [5.41, 5.74) is 6.48. The van der Waals surface area contributed by atoms with Gasteiger partial charge in [0.15, 0.2) is 0 Å². The van der Waals surface area contributed by atoms with Crippen LogP contribution in [0.25, 0.3) is 16.9 Å². The molecule has 0 N–H and O–H groups in total. The van der Waals surface area contributed by atoms with Crippen LogP contribution in [0.1, 0.15) is 46.2 Å². The van der Waals surface area contributed by atoms with Gasteiger partial charge in [0.1, 0.15) is 5.75 Å². The number of methoxy groups -OCH3 is 1. The summed E-state index contributed by atoms with van der Waals surface area (Å²) >= 11 is 0. The van der Waals surface area contributed by atoms with Crippen molar-refractivity contribution in [2.45, 2.75) is 32.6 Å². The second kappa shape index (κ2) is 9.74. The SMILES string of the molecule is COc1ccccc1-c1cccc([C@H]2CCCN(C(=O)c3cccc(-n4nc(C)cc4C)c3)C2)n1. The Balaban J connectivity index is 1.37. The number of piperidine rings is 1. The molecule has 6 nitrogen and oxygen atoms in total. The predicted octanol–water partition coefficient (Wildman–Crippen LogP) is 5.58. The molecule has 2 aromatic carbocycles. The Morgan fingerprint density at radius 1 is 1.00 bits per heavy atom. The number of hydrogen-bond acceptors (Lipinski definition) is 4. The van der Waals surface area contributed by atoms with E-state index in [1.807, 2.05) is 90.2 Å². The van der Waals surface area contributed by atoms with Crippen LogP contribution in [0.3, 0.4) is 0 Å². The molecular formula is C29H30N4O2. The quantitative estimate of drug-likeness (QED) is 0.385. The van der Waals surface area contributed by atoms with Crippen LogP contribution in [0.4, 0.5) is 0 Å². The largest absolute Gasteiger partial charge is 0.496 e. The van der Waals surface area contributed by atoms with Crippen LogP contribution in [-0.4, -0.2) is 45.8 Å². The van der Waals surface area contributed by atoms with Crippen LogP contribution in [-0.2, 0) is 0 Å². The van der Waals surface area contributed by atoms with Crippen molar-refractivity contribution in [2.75, 3.05) is 20.2 Å². The molecule has 5 rings (SSSR count). The number of likely N-dealkylation sites (tertiary alicyclic amines) is 1. The third-order valence-electron chi connectivity index (χ3n) is 6.63. The van der Waals surface area contributed by atoms with Crippen LogP contribution in [0.15, 0.2) is 72.8 Å². The molecule has 1 saturated heterocycles. The number of pyridine rings is 1. The number of carbonyl (C=O) groups excluding carboxylic acids is 1. The lowest BCUT2D eigenvalue weighted by Crippen LogP contribution is -2.39. The van der Waals surface area contributed by atoms with Crippen LogP contribution in [0.2, 0.25) is 0 Å². The molecule has 1 aliphatic heterocycles. The number of ether oxygens (including phenoxy) is 1. The summed E-state index contributed by atoms with van der Waals surface area (Å²) in [7, 11) is 1.68. The average molecular weight is 467 g/mol. The molecule has 0 saturated carbocycles. The zero-order chi connectivity index (χ0) is 24.4. The van der Waals surface area contributed by atoms with Crippen molar-refractivity contribution in [2.24, 2.45) is 0 Å². The van der Waals surface area contributed by atoms with E-state index in [-0.39, 0.29) is 11.8 Å². The van der Waals surface area contributed by atoms with Crippen molar-refractivity contribution in [3.63, 3.8) is 0 Å². The summed E-state index contributed by atoms with van der Waals surface area (Å²) in [5, 5.41) is 4.57. The maximum atomic E-state index is 13.5. The number of nitrogens with zero attached hydrogens (tertiary/aromatic N) is 4. The molecule has 1 atom stereocenters. The smallest absolute Gasteiger partial charge is 0.253 e. The first-order valence-corrected chi connectivity index (χ1v) is 12.1. The average Bonchev–Trinajstić information content (AvgIpc) is 3.26. The Morgan fingerprint density at radius 2 is 1.83 bits per heavy atom. The first-order chi connectivity index (χ1) is 17.0. The van der Waals surface area contributed by atoms with Gasteiger partial charge in [-0.2, -0.15) is 5.10 Å². The molecule has 0 unspecified atom stereocenters. The molecule has 1 aliphatic rings. The van der Waals surface area contributed by atoms with Gasteiger partial charge in [-0.25, -0.2) is 4.68 Å². The topological polar surface area (TPSA) is 60.2 Å². The summed E-state index contributed by atoms with van der Waals surface area (Å²) in [6.45, 7) is 5.41. The van der Waals surface area contributed by atoms with Gasteiger partial charge in [-0.1, -0.05) is 24.3 Å². The van der Waals surface area contributed by atoms with Crippen molar-refractivity contribution >= 4 is 5.91 Å². The van der Waals surface area contributed by atoms with Gasteiger partial charge < -0.3 is 9.64 Å². The van der Waals surface area contributed by atoms with E-state index in [1.165, 1.54) is 0 Å². The van der Waals surface area contributed by atoms with E-state index in [9.17, 15) is 4.79 Å². The van der Waals surface area contributed by atoms with E-state index >= 15 is 0 Å². The lowest BCUT2D eigenvalue weighted by Gasteiger charge is -2.33. The molecule has 178 valence electrons. The van der Waals surface area contributed by atoms with Gasteiger partial charge >= 0.3 is 0 Å². The molecule has 1 amide bonds. The number of aromatic nitrogens is 3. The minimum Gasteiger partial charge on any atom is -0.496 e. The third-order valence-corrected chi connectivity index (χ3v) is 6.63. The molecule has 0 spiro atoms. The number of benzene rings is 2. The van der Waals surface area contributed by atoms with Crippen LogP contribution < -0.4 is 4.74 Å². The van der Waals surface area contributed by atoms with Crippen LogP contribution in [0, 0.1) is 13.8 Å². The molecular weight excluding hydrogens is 436 g/mol. The van der Waals surface area contributed by atoms with E-state index < -0.39 is 0 Å². The molecule has 4 aromatic rings. The Morgan fingerprint density at radius 3 is 2.63 bits per heavy atom. The van der Waals surface area contributed by atoms with Crippen LogP contribution in [0.5, 0.6) is 5.75 Å². The highest BCUT2D eigenvalue weighted by molar-refractivity contribution is 5.95. The zero-order valence-electron chi connectivity index (χ0n) is 20.4. The highest BCUT2D eigenvalue weighted by atomic mass is 16.5. The van der Waals surface area contributed by atoms with Gasteiger partial charge in [0, 0.05) is 41.5 Å². The summed E-state index contributed by atoms with van der Waals surface area (Å²) < 4.78 is 7.42. The summed E-state index contributed by atoms with van der Waals surface area (Å²) in [5.74, 6) is 1.06. The van der Waals surface area contributed by atoms with E-state index in [4.69, 9.17) is 9.72 Å². The van der Waals surface area contributed by atoms with E-state index in [1.54, 1.807) is 7.11 Å². The molecule has 0 aliphatic carbocycles. The lowest BCUT2D eigenvalue weighted by molar-refractivity contribution is 0.0706. The number of carbonyl (C=O) groups is 1. The van der Waals surface area contributed by atoms with Crippen LogP contribution >= 0.6 is 0 Å². The zero-order valence-corrected chi connectivity index (χ0v) is 20.4. The summed E-state index contributed by atoms with van der Waals surface area (Å²) in [4.78, 5) is 20.4. The summed E-state index contributed by atoms with van der Waals surface area (Å²) in [6.07, 6.45) is 1.96. The Kier molecular flexibility index (Phi) is 6.36. The monoisotopic (exact) mass is 466 g/mol. The van der Waals surface area contributed by atoms with Gasteiger partial charge in [-0.15, -0.1) is 0 Å². The third kappa shape index (κ3) is 4.69. The van der Waals surface area contributed by atoms with Gasteiger partial charge in [-0.05, 0) is 75.2 Å². The fraction of sp³-hybridized carbons (Fsp3) is 0.276. The maximum Gasteiger partial charge on any atom is 0.253 e. The Hall–Kier alpha value is -3.93. The highest BCUT2D eigenvalue weighted by Crippen LogP contribution is 2.32. The number of rotatable bonds is 5. The van der Waals surface area contributed by atoms with Crippen molar-refractivity contribution < 1.29 is 9.53 Å². The molecule has 0 bridgehead atoms. The number of para-hydroxylation sites is 1. The normalized spacial score (nSPS) is 15.7. The Bertz CT molecular complexity index is 1360. The molecule has 35 heavy (non-hydrogen) atoms. The predicted molar refractivity (Wildman–Crippen MR) is 137 cm³/mol. The first kappa shape index (κ1) is 22.8. The lowest BCUT2D eigenvalue weighted by atomic mass is 9.93. The number of aryl methyl sites for hydroxylation is 2. The Labute approximate surface area is 206 Å². The molecule has 1 fully saturated rings. The van der Waals surface area contributed by atoms with Crippen molar-refractivity contribution in [3.8, 4) is 22.7 Å². The van der Waals surface area contributed by atoms with Gasteiger partial charge in [-0.3, -0.25) is 9.78 Å². The minimum atomic E-state index is 0.0546. The van der Waals surface area contributed by atoms with E-state index in [0.717, 1.165) is 59.2 Å². The van der Waals surface area contributed by atoms with E-state index in [0.29, 0.717) is 12.1 Å². The highest BCUT2D eigenvalue weighted by Gasteiger charge is 2.27. The standard InChI is InChI=1S/C29H30N4O2/c1-20-17-21(2)33(31-20)24-11-6-9-22(18-24)29(34)32-16-8-10-23(19-32)26-13-7-14-27(30-26)25-12-4-5-15-28(25)35-3/h4-7,9,11-15,17-18,23H,8,10,16,19H2,1-3H3/t23-/m0/s1.